The van der Waals surface area contributed by atoms with Crippen molar-refractivity contribution in [2.24, 2.45) is 5.10 Å². The Labute approximate surface area is 160 Å². The smallest absolute Gasteiger partial charge is 0.287 e. The molecule has 0 saturated carbocycles. The van der Waals surface area contributed by atoms with Crippen LogP contribution in [0.15, 0.2) is 83.2 Å². The van der Waals surface area contributed by atoms with Crippen LogP contribution in [-0.2, 0) is 4.79 Å². The van der Waals surface area contributed by atoms with Crippen LogP contribution in [0, 0.1) is 0 Å². The molecule has 3 rings (SSSR count). The van der Waals surface area contributed by atoms with E-state index in [0.717, 1.165) is 10.4 Å². The first-order valence-corrected chi connectivity index (χ1v) is 8.95. The zero-order valence-corrected chi connectivity index (χ0v) is 15.0. The van der Waals surface area contributed by atoms with E-state index in [9.17, 15) is 9.59 Å². The van der Waals surface area contributed by atoms with Crippen molar-refractivity contribution in [1.82, 2.24) is 15.7 Å². The number of hydrazone groups is 1. The van der Waals surface area contributed by atoms with Gasteiger partial charge in [0.05, 0.1) is 6.21 Å². The monoisotopic (exact) mass is 376 g/mol. The summed E-state index contributed by atoms with van der Waals surface area (Å²) in [7, 11) is 0. The van der Waals surface area contributed by atoms with Crippen molar-refractivity contribution in [2.45, 2.75) is 0 Å². The Bertz CT molecular complexity index is 952. The Morgan fingerprint density at radius 2 is 1.78 bits per heavy atom. The first-order valence-electron chi connectivity index (χ1n) is 8.07. The largest absolute Gasteiger partial charge is 0.317 e. The average Bonchev–Trinajstić information content (AvgIpc) is 3.22. The number of aromatic nitrogens is 1. The van der Waals surface area contributed by atoms with Crippen LogP contribution in [0.5, 0.6) is 0 Å². The first-order chi connectivity index (χ1) is 13.2. The molecule has 7 heteroatoms. The number of hydrogen-bond donors (Lipinski definition) is 2. The highest BCUT2D eigenvalue weighted by atomic mass is 32.1. The quantitative estimate of drug-likeness (QED) is 0.394. The molecule has 27 heavy (non-hydrogen) atoms. The molecule has 0 unspecified atom stereocenters. The van der Waals surface area contributed by atoms with Crippen molar-refractivity contribution in [2.75, 3.05) is 0 Å². The van der Waals surface area contributed by atoms with Crippen LogP contribution in [0.2, 0.25) is 0 Å². The number of hydrogen-bond acceptors (Lipinski definition) is 5. The number of pyridine rings is 1. The van der Waals surface area contributed by atoms with Gasteiger partial charge in [-0.3, -0.25) is 14.6 Å². The predicted octanol–water partition coefficient (Wildman–Crippen LogP) is 3.06. The maximum absolute atomic E-state index is 12.5. The molecular formula is C20H16N4O2S. The summed E-state index contributed by atoms with van der Waals surface area (Å²) in [5.41, 5.74) is 3.80. The lowest BCUT2D eigenvalue weighted by molar-refractivity contribution is -0.117. The van der Waals surface area contributed by atoms with Gasteiger partial charge >= 0.3 is 0 Å². The maximum Gasteiger partial charge on any atom is 0.287 e. The summed E-state index contributed by atoms with van der Waals surface area (Å²) in [6.07, 6.45) is 6.38. The first kappa shape index (κ1) is 18.2. The van der Waals surface area contributed by atoms with E-state index < -0.39 is 5.91 Å². The van der Waals surface area contributed by atoms with Crippen LogP contribution in [0.25, 0.3) is 6.08 Å². The van der Waals surface area contributed by atoms with Crippen molar-refractivity contribution in [3.8, 4) is 0 Å². The molecule has 0 atom stereocenters. The van der Waals surface area contributed by atoms with Gasteiger partial charge in [0.1, 0.15) is 5.70 Å². The summed E-state index contributed by atoms with van der Waals surface area (Å²) in [6, 6.07) is 15.9. The average molecular weight is 376 g/mol. The molecule has 2 aromatic heterocycles. The molecule has 0 saturated heterocycles. The van der Waals surface area contributed by atoms with Crippen LogP contribution >= 0.6 is 11.3 Å². The molecule has 0 aliphatic heterocycles. The van der Waals surface area contributed by atoms with Gasteiger partial charge in [0.15, 0.2) is 0 Å². The topological polar surface area (TPSA) is 83.4 Å². The third-order valence-electron chi connectivity index (χ3n) is 3.44. The number of rotatable bonds is 6. The second-order valence-corrected chi connectivity index (χ2v) is 6.35. The number of carbonyl (C=O) groups excluding carboxylic acids is 2. The number of nitrogens with zero attached hydrogens (tertiary/aromatic N) is 2. The summed E-state index contributed by atoms with van der Waals surface area (Å²) in [5, 5.41) is 8.47. The van der Waals surface area contributed by atoms with Crippen LogP contribution < -0.4 is 10.7 Å². The lowest BCUT2D eigenvalue weighted by atomic mass is 10.2. The Morgan fingerprint density at radius 3 is 2.48 bits per heavy atom. The molecule has 0 fully saturated rings. The van der Waals surface area contributed by atoms with Crippen LogP contribution in [0.4, 0.5) is 0 Å². The summed E-state index contributed by atoms with van der Waals surface area (Å²) >= 11 is 1.46. The SMILES string of the molecule is O=C(NN=Cc1ccncc1)C(=Cc1cccs1)NC(=O)c1ccccc1. The highest BCUT2D eigenvalue weighted by molar-refractivity contribution is 7.10. The molecule has 3 aromatic rings. The normalized spacial score (nSPS) is 11.3. The number of benzene rings is 1. The lowest BCUT2D eigenvalue weighted by Crippen LogP contribution is -2.32. The highest BCUT2D eigenvalue weighted by Gasteiger charge is 2.14. The zero-order chi connectivity index (χ0) is 18.9. The van der Waals surface area contributed by atoms with Gasteiger partial charge in [0.25, 0.3) is 11.8 Å². The minimum atomic E-state index is -0.516. The molecule has 0 radical (unpaired) electrons. The summed E-state index contributed by atoms with van der Waals surface area (Å²) in [5.74, 6) is -0.885. The van der Waals surface area contributed by atoms with E-state index in [1.807, 2.05) is 23.6 Å². The van der Waals surface area contributed by atoms with Gasteiger partial charge in [-0.05, 0) is 47.4 Å². The molecule has 2 amide bonds. The number of carbonyl (C=O) groups is 2. The molecule has 6 nitrogen and oxygen atoms in total. The molecule has 134 valence electrons. The van der Waals surface area contributed by atoms with Gasteiger partial charge in [-0.1, -0.05) is 24.3 Å². The minimum absolute atomic E-state index is 0.109. The van der Waals surface area contributed by atoms with Gasteiger partial charge in [0.2, 0.25) is 0 Å². The lowest BCUT2D eigenvalue weighted by Gasteiger charge is -2.08. The molecule has 2 N–H and O–H groups in total. The molecule has 0 bridgehead atoms. The Kier molecular flexibility index (Phi) is 6.21. The zero-order valence-electron chi connectivity index (χ0n) is 14.2. The number of amides is 2. The fourth-order valence-corrected chi connectivity index (χ4v) is 2.79. The van der Waals surface area contributed by atoms with Crippen LogP contribution in [0.3, 0.4) is 0 Å². The van der Waals surface area contributed by atoms with Gasteiger partial charge < -0.3 is 5.32 Å². The second-order valence-electron chi connectivity index (χ2n) is 5.37. The van der Waals surface area contributed by atoms with Gasteiger partial charge in [-0.15, -0.1) is 11.3 Å². The minimum Gasteiger partial charge on any atom is -0.317 e. The number of nitrogens with one attached hydrogen (secondary N) is 2. The molecule has 0 aliphatic rings. The second kappa shape index (κ2) is 9.21. The van der Waals surface area contributed by atoms with E-state index in [2.05, 4.69) is 20.8 Å². The van der Waals surface area contributed by atoms with Crippen LogP contribution in [0.1, 0.15) is 20.8 Å². The van der Waals surface area contributed by atoms with E-state index >= 15 is 0 Å². The summed E-state index contributed by atoms with van der Waals surface area (Å²) < 4.78 is 0. The molecule has 1 aromatic carbocycles. The third kappa shape index (κ3) is 5.45. The van der Waals surface area contributed by atoms with Crippen molar-refractivity contribution in [3.63, 3.8) is 0 Å². The van der Waals surface area contributed by atoms with Gasteiger partial charge in [0, 0.05) is 22.8 Å². The Balaban J connectivity index is 1.74. The standard InChI is InChI=1S/C20H16N4O2S/c25-19(16-5-2-1-3-6-16)23-18(13-17-7-4-12-27-17)20(26)24-22-14-15-8-10-21-11-9-15/h1-14H,(H,23,25)(H,24,26). The fourth-order valence-electron chi connectivity index (χ4n) is 2.13. The number of thiophene rings is 1. The van der Waals surface area contributed by atoms with E-state index in [4.69, 9.17) is 0 Å². The van der Waals surface area contributed by atoms with Crippen molar-refractivity contribution in [3.05, 3.63) is 94.1 Å². The molecule has 2 heterocycles. The summed E-state index contributed by atoms with van der Waals surface area (Å²) in [4.78, 5) is 29.7. The molecule has 0 spiro atoms. The van der Waals surface area contributed by atoms with E-state index in [1.54, 1.807) is 54.9 Å². The Hall–Kier alpha value is -3.58. The Morgan fingerprint density at radius 1 is 1.00 bits per heavy atom. The van der Waals surface area contributed by atoms with Crippen molar-refractivity contribution < 1.29 is 9.59 Å². The van der Waals surface area contributed by atoms with Crippen LogP contribution in [-0.4, -0.2) is 23.0 Å². The van der Waals surface area contributed by atoms with E-state index in [0.29, 0.717) is 5.56 Å². The van der Waals surface area contributed by atoms with Crippen molar-refractivity contribution in [1.29, 1.82) is 0 Å². The predicted molar refractivity (Wildman–Crippen MR) is 106 cm³/mol. The third-order valence-corrected chi connectivity index (χ3v) is 4.26. The fraction of sp³-hybridized carbons (Fsp3) is 0. The van der Waals surface area contributed by atoms with E-state index in [1.165, 1.54) is 17.6 Å². The molecule has 0 aliphatic carbocycles. The summed E-state index contributed by atoms with van der Waals surface area (Å²) in [6.45, 7) is 0. The van der Waals surface area contributed by atoms with Gasteiger partial charge in [-0.25, -0.2) is 5.43 Å². The highest BCUT2D eigenvalue weighted by Crippen LogP contribution is 2.13. The maximum atomic E-state index is 12.5. The van der Waals surface area contributed by atoms with E-state index in [-0.39, 0.29) is 11.6 Å². The van der Waals surface area contributed by atoms with Gasteiger partial charge in [-0.2, -0.15) is 5.10 Å². The molecular weight excluding hydrogens is 360 g/mol. The van der Waals surface area contributed by atoms with Crippen molar-refractivity contribution >= 4 is 35.4 Å².